The van der Waals surface area contributed by atoms with Crippen LogP contribution in [0.3, 0.4) is 0 Å². The second-order valence-electron chi connectivity index (χ2n) is 5.90. The number of carbonyl (C=O) groups excluding carboxylic acids is 1. The van der Waals surface area contributed by atoms with Crippen LogP contribution in [0.15, 0.2) is 12.1 Å². The van der Waals surface area contributed by atoms with Gasteiger partial charge in [-0.3, -0.25) is 4.79 Å². The SMILES string of the molecule is COc1cc(N)c(Cl)cc1C(=O)NCC(C)CN1CCCC1. The maximum atomic E-state index is 12.3. The van der Waals surface area contributed by atoms with E-state index in [4.69, 9.17) is 22.1 Å². The monoisotopic (exact) mass is 325 g/mol. The Balaban J connectivity index is 1.92. The molecule has 1 heterocycles. The van der Waals surface area contributed by atoms with Crippen molar-refractivity contribution in [3.63, 3.8) is 0 Å². The summed E-state index contributed by atoms with van der Waals surface area (Å²) >= 11 is 6.00. The predicted octanol–water partition coefficient (Wildman–Crippen LogP) is 2.39. The number of ether oxygens (including phenoxy) is 1. The normalized spacial score (nSPS) is 16.5. The molecule has 1 unspecified atom stereocenters. The van der Waals surface area contributed by atoms with Crippen LogP contribution in [0, 0.1) is 5.92 Å². The number of hydrogen-bond donors (Lipinski definition) is 2. The number of methoxy groups -OCH3 is 1. The third kappa shape index (κ3) is 4.27. The van der Waals surface area contributed by atoms with Crippen molar-refractivity contribution in [2.45, 2.75) is 19.8 Å². The molecule has 2 rings (SSSR count). The smallest absolute Gasteiger partial charge is 0.255 e. The fourth-order valence-corrected chi connectivity index (χ4v) is 2.91. The Morgan fingerprint density at radius 1 is 1.45 bits per heavy atom. The van der Waals surface area contributed by atoms with Crippen LogP contribution in [0.4, 0.5) is 5.69 Å². The summed E-state index contributed by atoms with van der Waals surface area (Å²) in [7, 11) is 1.51. The van der Waals surface area contributed by atoms with Crippen molar-refractivity contribution in [1.29, 1.82) is 0 Å². The van der Waals surface area contributed by atoms with E-state index in [1.54, 1.807) is 12.1 Å². The number of benzene rings is 1. The van der Waals surface area contributed by atoms with Crippen LogP contribution in [0.25, 0.3) is 0 Å². The zero-order chi connectivity index (χ0) is 16.1. The first-order chi connectivity index (χ1) is 10.5. The highest BCUT2D eigenvalue weighted by Gasteiger charge is 2.18. The topological polar surface area (TPSA) is 67.6 Å². The lowest BCUT2D eigenvalue weighted by Crippen LogP contribution is -2.34. The third-order valence-electron chi connectivity index (χ3n) is 3.94. The molecule has 0 saturated carbocycles. The van der Waals surface area contributed by atoms with Gasteiger partial charge in [-0.15, -0.1) is 0 Å². The van der Waals surface area contributed by atoms with E-state index in [2.05, 4.69) is 17.1 Å². The van der Waals surface area contributed by atoms with Crippen LogP contribution in [-0.4, -0.2) is 44.1 Å². The molecule has 0 radical (unpaired) electrons. The number of nitrogens with zero attached hydrogens (tertiary/aromatic N) is 1. The molecule has 1 aliphatic heterocycles. The molecule has 1 aromatic rings. The van der Waals surface area contributed by atoms with E-state index in [0.29, 0.717) is 34.5 Å². The van der Waals surface area contributed by atoms with E-state index in [1.807, 2.05) is 0 Å². The minimum atomic E-state index is -0.188. The molecule has 0 aromatic heterocycles. The van der Waals surface area contributed by atoms with Gasteiger partial charge in [0.2, 0.25) is 0 Å². The quantitative estimate of drug-likeness (QED) is 0.788. The van der Waals surface area contributed by atoms with Gasteiger partial charge in [-0.2, -0.15) is 0 Å². The predicted molar refractivity (Wildman–Crippen MR) is 89.6 cm³/mol. The first-order valence-electron chi connectivity index (χ1n) is 7.64. The van der Waals surface area contributed by atoms with Gasteiger partial charge in [-0.25, -0.2) is 0 Å². The van der Waals surface area contributed by atoms with Gasteiger partial charge < -0.3 is 20.7 Å². The number of rotatable bonds is 6. The Kier molecular flexibility index (Phi) is 5.91. The largest absolute Gasteiger partial charge is 0.496 e. The van der Waals surface area contributed by atoms with Crippen molar-refractivity contribution >= 4 is 23.2 Å². The summed E-state index contributed by atoms with van der Waals surface area (Å²) in [5, 5.41) is 3.31. The van der Waals surface area contributed by atoms with E-state index in [-0.39, 0.29) is 5.91 Å². The first-order valence-corrected chi connectivity index (χ1v) is 8.02. The van der Waals surface area contributed by atoms with Crippen molar-refractivity contribution in [2.24, 2.45) is 5.92 Å². The second kappa shape index (κ2) is 7.70. The van der Waals surface area contributed by atoms with Gasteiger partial charge in [0.25, 0.3) is 5.91 Å². The molecule has 1 atom stereocenters. The van der Waals surface area contributed by atoms with Crippen molar-refractivity contribution in [2.75, 3.05) is 39.0 Å². The summed E-state index contributed by atoms with van der Waals surface area (Å²) in [6.45, 7) is 6.12. The number of likely N-dealkylation sites (tertiary alicyclic amines) is 1. The lowest BCUT2D eigenvalue weighted by molar-refractivity contribution is 0.0942. The summed E-state index contributed by atoms with van der Waals surface area (Å²) in [5.41, 5.74) is 6.54. The lowest BCUT2D eigenvalue weighted by Gasteiger charge is -2.20. The van der Waals surface area contributed by atoms with Crippen molar-refractivity contribution in [3.8, 4) is 5.75 Å². The maximum Gasteiger partial charge on any atom is 0.255 e. The van der Waals surface area contributed by atoms with Crippen molar-refractivity contribution < 1.29 is 9.53 Å². The van der Waals surface area contributed by atoms with Crippen LogP contribution in [-0.2, 0) is 0 Å². The number of nitrogens with one attached hydrogen (secondary N) is 1. The van der Waals surface area contributed by atoms with Gasteiger partial charge >= 0.3 is 0 Å². The Bertz CT molecular complexity index is 530. The fourth-order valence-electron chi connectivity index (χ4n) is 2.75. The van der Waals surface area contributed by atoms with Crippen LogP contribution in [0.1, 0.15) is 30.1 Å². The summed E-state index contributed by atoms with van der Waals surface area (Å²) in [6, 6.07) is 3.13. The Labute approximate surface area is 136 Å². The van der Waals surface area contributed by atoms with Gasteiger partial charge in [-0.1, -0.05) is 18.5 Å². The Morgan fingerprint density at radius 2 is 2.14 bits per heavy atom. The minimum absolute atomic E-state index is 0.188. The number of halogens is 1. The second-order valence-corrected chi connectivity index (χ2v) is 6.30. The van der Waals surface area contributed by atoms with E-state index < -0.39 is 0 Å². The molecule has 1 aliphatic rings. The Hall–Kier alpha value is -1.46. The third-order valence-corrected chi connectivity index (χ3v) is 4.27. The van der Waals surface area contributed by atoms with E-state index in [0.717, 1.165) is 6.54 Å². The van der Waals surface area contributed by atoms with Gasteiger partial charge in [0.05, 0.1) is 23.4 Å². The van der Waals surface area contributed by atoms with Crippen LogP contribution < -0.4 is 15.8 Å². The molecule has 0 spiro atoms. The van der Waals surface area contributed by atoms with E-state index in [9.17, 15) is 4.79 Å². The standard InChI is InChI=1S/C16H24ClN3O2/c1-11(10-20-5-3-4-6-20)9-19-16(21)12-7-13(17)14(18)8-15(12)22-2/h7-8,11H,3-6,9-10,18H2,1-2H3,(H,19,21). The number of hydrogen-bond acceptors (Lipinski definition) is 4. The van der Waals surface area contributed by atoms with Crippen LogP contribution in [0.2, 0.25) is 5.02 Å². The summed E-state index contributed by atoms with van der Waals surface area (Å²) in [6.07, 6.45) is 2.56. The maximum absolute atomic E-state index is 12.3. The molecule has 0 aliphatic carbocycles. The molecule has 3 N–H and O–H groups in total. The molecular weight excluding hydrogens is 302 g/mol. The number of carbonyl (C=O) groups is 1. The summed E-state index contributed by atoms with van der Waals surface area (Å²) in [5.74, 6) is 0.649. The fraction of sp³-hybridized carbons (Fsp3) is 0.562. The van der Waals surface area contributed by atoms with E-state index in [1.165, 1.54) is 33.0 Å². The number of nitrogens with two attached hydrogens (primary N) is 1. The molecule has 5 nitrogen and oxygen atoms in total. The van der Waals surface area contributed by atoms with Crippen LogP contribution >= 0.6 is 11.6 Å². The lowest BCUT2D eigenvalue weighted by atomic mass is 10.1. The van der Waals surface area contributed by atoms with Crippen molar-refractivity contribution in [1.82, 2.24) is 10.2 Å². The average molecular weight is 326 g/mol. The molecule has 0 bridgehead atoms. The molecular formula is C16H24ClN3O2. The van der Waals surface area contributed by atoms with Crippen LogP contribution in [0.5, 0.6) is 5.75 Å². The highest BCUT2D eigenvalue weighted by molar-refractivity contribution is 6.33. The summed E-state index contributed by atoms with van der Waals surface area (Å²) < 4.78 is 5.21. The average Bonchev–Trinajstić information content (AvgIpc) is 3.00. The first kappa shape index (κ1) is 16.9. The highest BCUT2D eigenvalue weighted by atomic mass is 35.5. The zero-order valence-electron chi connectivity index (χ0n) is 13.2. The van der Waals surface area contributed by atoms with Gasteiger partial charge in [0.15, 0.2) is 0 Å². The van der Waals surface area contributed by atoms with Gasteiger partial charge in [0, 0.05) is 19.2 Å². The summed E-state index contributed by atoms with van der Waals surface area (Å²) in [4.78, 5) is 14.8. The molecule has 1 aromatic carbocycles. The molecule has 22 heavy (non-hydrogen) atoms. The van der Waals surface area contributed by atoms with Gasteiger partial charge in [-0.05, 0) is 37.9 Å². The Morgan fingerprint density at radius 3 is 2.77 bits per heavy atom. The van der Waals surface area contributed by atoms with Gasteiger partial charge in [0.1, 0.15) is 5.75 Å². The molecule has 1 fully saturated rings. The zero-order valence-corrected chi connectivity index (χ0v) is 13.9. The molecule has 1 amide bonds. The van der Waals surface area contributed by atoms with Crippen molar-refractivity contribution in [3.05, 3.63) is 22.7 Å². The number of amides is 1. The number of anilines is 1. The molecule has 122 valence electrons. The minimum Gasteiger partial charge on any atom is -0.496 e. The molecule has 1 saturated heterocycles. The molecule has 6 heteroatoms. The highest BCUT2D eigenvalue weighted by Crippen LogP contribution is 2.28. The number of nitrogen functional groups attached to an aromatic ring is 1. The van der Waals surface area contributed by atoms with E-state index >= 15 is 0 Å².